The highest BCUT2D eigenvalue weighted by Gasteiger charge is 2.33. The lowest BCUT2D eigenvalue weighted by atomic mass is 9.83. The lowest BCUT2D eigenvalue weighted by molar-refractivity contribution is 0.292. The molecular formula is C16H23Cl2NOS. The molecular weight excluding hydrogens is 325 g/mol. The molecule has 0 spiro atoms. The number of hydrogen-bond acceptors (Lipinski definition) is 2. The molecule has 4 unspecified atom stereocenters. The van der Waals surface area contributed by atoms with E-state index in [0.29, 0.717) is 22.0 Å². The Balaban J connectivity index is 2.18. The molecule has 1 aliphatic carbocycles. The van der Waals surface area contributed by atoms with Crippen molar-refractivity contribution in [1.82, 2.24) is 5.32 Å². The van der Waals surface area contributed by atoms with Crippen LogP contribution in [0.3, 0.4) is 0 Å². The topological polar surface area (TPSA) is 29.1 Å². The molecule has 118 valence electrons. The molecule has 2 rings (SSSR count). The van der Waals surface area contributed by atoms with Crippen molar-refractivity contribution in [2.45, 2.75) is 55.2 Å². The van der Waals surface area contributed by atoms with Gasteiger partial charge in [0.25, 0.3) is 0 Å². The largest absolute Gasteiger partial charge is 0.316 e. The molecule has 0 aromatic heterocycles. The summed E-state index contributed by atoms with van der Waals surface area (Å²) in [7, 11) is 0.914. The van der Waals surface area contributed by atoms with Gasteiger partial charge in [0, 0.05) is 10.9 Å². The minimum atomic E-state index is -1.05. The van der Waals surface area contributed by atoms with Crippen LogP contribution in [0, 0.1) is 5.92 Å². The van der Waals surface area contributed by atoms with Gasteiger partial charge in [-0.25, -0.2) is 0 Å². The fourth-order valence-electron chi connectivity index (χ4n) is 3.23. The highest BCUT2D eigenvalue weighted by Crippen LogP contribution is 2.34. The second-order valence-corrected chi connectivity index (χ2v) is 8.26. The molecule has 0 aliphatic heterocycles. The van der Waals surface area contributed by atoms with Crippen LogP contribution < -0.4 is 5.32 Å². The van der Waals surface area contributed by atoms with Crippen LogP contribution in [0.5, 0.6) is 0 Å². The van der Waals surface area contributed by atoms with E-state index in [9.17, 15) is 4.21 Å². The Morgan fingerprint density at radius 3 is 2.67 bits per heavy atom. The summed E-state index contributed by atoms with van der Waals surface area (Å²) in [6.45, 7) is 2.22. The molecule has 0 saturated heterocycles. The summed E-state index contributed by atoms with van der Waals surface area (Å²) < 4.78 is 13.0. The molecule has 0 bridgehead atoms. The first-order valence-electron chi connectivity index (χ1n) is 7.59. The van der Waals surface area contributed by atoms with E-state index in [1.807, 2.05) is 13.1 Å². The highest BCUT2D eigenvalue weighted by atomic mass is 35.5. The maximum absolute atomic E-state index is 13.0. The van der Waals surface area contributed by atoms with Crippen LogP contribution in [-0.4, -0.2) is 22.5 Å². The zero-order valence-electron chi connectivity index (χ0n) is 12.6. The molecule has 1 aromatic rings. The SMILES string of the molecule is CCCC1CCC(NC)C(S(=O)c2ccc(Cl)c(Cl)c2)C1. The third-order valence-electron chi connectivity index (χ3n) is 4.37. The van der Waals surface area contributed by atoms with E-state index in [0.717, 1.165) is 17.7 Å². The lowest BCUT2D eigenvalue weighted by Gasteiger charge is -2.35. The maximum Gasteiger partial charge on any atom is 0.0604 e. The summed E-state index contributed by atoms with van der Waals surface area (Å²) >= 11 is 12.0. The van der Waals surface area contributed by atoms with Gasteiger partial charge >= 0.3 is 0 Å². The van der Waals surface area contributed by atoms with E-state index in [1.54, 1.807) is 12.1 Å². The Morgan fingerprint density at radius 1 is 1.29 bits per heavy atom. The van der Waals surface area contributed by atoms with Crippen molar-refractivity contribution in [3.63, 3.8) is 0 Å². The Bertz CT molecular complexity index is 509. The van der Waals surface area contributed by atoms with Gasteiger partial charge in [-0.05, 0) is 50.4 Å². The Hall–Kier alpha value is -0.0900. The van der Waals surface area contributed by atoms with E-state index in [2.05, 4.69) is 12.2 Å². The van der Waals surface area contributed by atoms with Crippen molar-refractivity contribution < 1.29 is 4.21 Å². The van der Waals surface area contributed by atoms with Crippen molar-refractivity contribution in [2.24, 2.45) is 5.92 Å². The standard InChI is InChI=1S/C16H23Cl2NOS/c1-3-4-11-5-8-15(19-2)16(9-11)21(20)12-6-7-13(17)14(18)10-12/h6-7,10-11,15-16,19H,3-5,8-9H2,1-2H3. The summed E-state index contributed by atoms with van der Waals surface area (Å²) in [6, 6.07) is 5.63. The van der Waals surface area contributed by atoms with Gasteiger partial charge in [0.2, 0.25) is 0 Å². The van der Waals surface area contributed by atoms with Gasteiger partial charge in [-0.3, -0.25) is 4.21 Å². The van der Waals surface area contributed by atoms with E-state index in [-0.39, 0.29) is 5.25 Å². The number of nitrogens with one attached hydrogen (secondary N) is 1. The van der Waals surface area contributed by atoms with Crippen molar-refractivity contribution in [3.8, 4) is 0 Å². The monoisotopic (exact) mass is 347 g/mol. The molecule has 0 heterocycles. The smallest absolute Gasteiger partial charge is 0.0604 e. The minimum Gasteiger partial charge on any atom is -0.316 e. The summed E-state index contributed by atoms with van der Waals surface area (Å²) in [5.41, 5.74) is 0. The summed E-state index contributed by atoms with van der Waals surface area (Å²) in [5.74, 6) is 0.691. The number of hydrogen-bond donors (Lipinski definition) is 1. The van der Waals surface area contributed by atoms with Crippen LogP contribution in [-0.2, 0) is 10.8 Å². The first-order valence-corrected chi connectivity index (χ1v) is 9.56. The van der Waals surface area contributed by atoms with Crippen LogP contribution >= 0.6 is 23.2 Å². The zero-order chi connectivity index (χ0) is 15.4. The fraction of sp³-hybridized carbons (Fsp3) is 0.625. The van der Waals surface area contributed by atoms with Gasteiger partial charge < -0.3 is 5.32 Å². The molecule has 0 amide bonds. The maximum atomic E-state index is 13.0. The van der Waals surface area contributed by atoms with E-state index in [1.165, 1.54) is 19.3 Å². The second-order valence-electron chi connectivity index (χ2n) is 5.77. The molecule has 1 fully saturated rings. The molecule has 1 saturated carbocycles. The Kier molecular flexibility index (Phi) is 6.54. The van der Waals surface area contributed by atoms with Gasteiger partial charge in [-0.1, -0.05) is 43.0 Å². The van der Waals surface area contributed by atoms with Crippen LogP contribution in [0.2, 0.25) is 10.0 Å². The van der Waals surface area contributed by atoms with Gasteiger partial charge in [0.15, 0.2) is 0 Å². The van der Waals surface area contributed by atoms with Gasteiger partial charge in [0.05, 0.1) is 26.1 Å². The minimum absolute atomic E-state index is 0.151. The van der Waals surface area contributed by atoms with Crippen LogP contribution in [0.4, 0.5) is 0 Å². The van der Waals surface area contributed by atoms with Crippen molar-refractivity contribution in [2.75, 3.05) is 7.05 Å². The zero-order valence-corrected chi connectivity index (χ0v) is 14.9. The van der Waals surface area contributed by atoms with E-state index in [4.69, 9.17) is 23.2 Å². The van der Waals surface area contributed by atoms with E-state index < -0.39 is 10.8 Å². The molecule has 5 heteroatoms. The number of rotatable bonds is 5. The molecule has 1 N–H and O–H groups in total. The Labute approximate surface area is 140 Å². The van der Waals surface area contributed by atoms with Crippen LogP contribution in [0.15, 0.2) is 23.1 Å². The third kappa shape index (κ3) is 4.22. The Morgan fingerprint density at radius 2 is 2.05 bits per heavy atom. The molecule has 0 radical (unpaired) electrons. The third-order valence-corrected chi connectivity index (χ3v) is 6.89. The molecule has 1 aromatic carbocycles. The van der Waals surface area contributed by atoms with Crippen LogP contribution in [0.1, 0.15) is 39.0 Å². The van der Waals surface area contributed by atoms with E-state index >= 15 is 0 Å². The number of halogens is 2. The predicted molar refractivity (Wildman–Crippen MR) is 91.8 cm³/mol. The normalized spacial score (nSPS) is 27.5. The van der Waals surface area contributed by atoms with Crippen molar-refractivity contribution in [1.29, 1.82) is 0 Å². The molecule has 2 nitrogen and oxygen atoms in total. The predicted octanol–water partition coefficient (Wildman–Crippen LogP) is 4.66. The average Bonchev–Trinajstić information content (AvgIpc) is 2.49. The van der Waals surface area contributed by atoms with Crippen molar-refractivity contribution in [3.05, 3.63) is 28.2 Å². The van der Waals surface area contributed by atoms with Gasteiger partial charge in [0.1, 0.15) is 0 Å². The first-order chi connectivity index (χ1) is 10.1. The van der Waals surface area contributed by atoms with Gasteiger partial charge in [-0.15, -0.1) is 0 Å². The summed E-state index contributed by atoms with van der Waals surface area (Å²) in [6.07, 6.45) is 5.77. The second kappa shape index (κ2) is 7.96. The molecule has 1 aliphatic rings. The molecule has 4 atom stereocenters. The quantitative estimate of drug-likeness (QED) is 0.839. The summed E-state index contributed by atoms with van der Waals surface area (Å²) in [5, 5.41) is 4.48. The summed E-state index contributed by atoms with van der Waals surface area (Å²) in [4.78, 5) is 0.784. The van der Waals surface area contributed by atoms with Gasteiger partial charge in [-0.2, -0.15) is 0 Å². The number of benzene rings is 1. The van der Waals surface area contributed by atoms with Crippen LogP contribution in [0.25, 0.3) is 0 Å². The highest BCUT2D eigenvalue weighted by molar-refractivity contribution is 7.85. The lowest BCUT2D eigenvalue weighted by Crippen LogP contribution is -2.44. The van der Waals surface area contributed by atoms with Crippen molar-refractivity contribution >= 4 is 34.0 Å². The fourth-order valence-corrected chi connectivity index (χ4v) is 5.39. The first kappa shape index (κ1) is 17.3. The molecule has 21 heavy (non-hydrogen) atoms. The average molecular weight is 348 g/mol.